The molecule has 0 saturated heterocycles. The van der Waals surface area contributed by atoms with E-state index >= 15 is 0 Å². The zero-order valence-electron chi connectivity index (χ0n) is 15.6. The summed E-state index contributed by atoms with van der Waals surface area (Å²) < 4.78 is 1.98. The third-order valence-corrected chi connectivity index (χ3v) is 5.18. The largest absolute Gasteiger partial charge is 0.351 e. The Morgan fingerprint density at radius 3 is 2.81 bits per heavy atom. The molecule has 0 aliphatic heterocycles. The van der Waals surface area contributed by atoms with Gasteiger partial charge in [0.25, 0.3) is 0 Å². The highest BCUT2D eigenvalue weighted by Gasteiger charge is 2.22. The highest BCUT2D eigenvalue weighted by Crippen LogP contribution is 2.29. The fraction of sp³-hybridized carbons (Fsp3) is 0.450. The van der Waals surface area contributed by atoms with Crippen LogP contribution in [0.4, 0.5) is 5.95 Å². The maximum Gasteiger partial charge on any atom is 0.223 e. The molecule has 1 aromatic carbocycles. The topological polar surface area (TPSA) is 81.7 Å². The predicted molar refractivity (Wildman–Crippen MR) is 105 cm³/mol. The maximum atomic E-state index is 6.00. The summed E-state index contributed by atoms with van der Waals surface area (Å²) in [6.07, 6.45) is 4.94. The zero-order chi connectivity index (χ0) is 18.3. The summed E-state index contributed by atoms with van der Waals surface area (Å²) >= 11 is 0. The van der Waals surface area contributed by atoms with Crippen LogP contribution in [0.15, 0.2) is 30.5 Å². The molecule has 2 aromatic heterocycles. The number of hydrogen-bond donors (Lipinski definition) is 2. The van der Waals surface area contributed by atoms with Crippen LogP contribution in [0.25, 0.3) is 22.2 Å². The molecular weight excluding hydrogens is 324 g/mol. The van der Waals surface area contributed by atoms with Crippen LogP contribution in [0, 0.1) is 0 Å². The lowest BCUT2D eigenvalue weighted by Crippen LogP contribution is -2.21. The molecule has 1 aliphatic rings. The van der Waals surface area contributed by atoms with Crippen LogP contribution in [0.2, 0.25) is 0 Å². The third-order valence-electron chi connectivity index (χ3n) is 5.18. The van der Waals surface area contributed by atoms with Crippen LogP contribution in [-0.2, 0) is 7.05 Å². The number of rotatable bonds is 4. The number of hydrogen-bond acceptors (Lipinski definition) is 5. The van der Waals surface area contributed by atoms with Gasteiger partial charge in [-0.25, -0.2) is 9.97 Å². The molecule has 2 unspecified atom stereocenters. The van der Waals surface area contributed by atoms with E-state index in [0.29, 0.717) is 17.9 Å². The Morgan fingerprint density at radius 1 is 1.23 bits per heavy atom. The van der Waals surface area contributed by atoms with E-state index in [-0.39, 0.29) is 6.04 Å². The fourth-order valence-corrected chi connectivity index (χ4v) is 3.98. The Kier molecular flexibility index (Phi) is 4.36. The molecule has 6 heteroatoms. The molecule has 0 radical (unpaired) electrons. The second kappa shape index (κ2) is 6.68. The van der Waals surface area contributed by atoms with E-state index in [0.717, 1.165) is 36.0 Å². The van der Waals surface area contributed by atoms with Crippen molar-refractivity contribution in [3.05, 3.63) is 36.2 Å². The van der Waals surface area contributed by atoms with Crippen molar-refractivity contribution in [3.63, 3.8) is 0 Å². The molecule has 3 aromatic rings. The molecule has 136 valence electrons. The predicted octanol–water partition coefficient (Wildman–Crippen LogP) is 3.45. The summed E-state index contributed by atoms with van der Waals surface area (Å²) in [5, 5.41) is 9.25. The van der Waals surface area contributed by atoms with Crippen molar-refractivity contribution in [1.82, 2.24) is 19.7 Å². The molecule has 1 fully saturated rings. The highest BCUT2D eigenvalue weighted by atomic mass is 15.3. The third kappa shape index (κ3) is 3.17. The Labute approximate surface area is 153 Å². The molecule has 4 rings (SSSR count). The van der Waals surface area contributed by atoms with E-state index in [9.17, 15) is 0 Å². The van der Waals surface area contributed by atoms with E-state index in [4.69, 9.17) is 10.7 Å². The SMILES string of the molecule is CC(C)c1c2cc(-c3ccnc(NC4CCC(N)C4)n3)ccc2nn1C. The van der Waals surface area contributed by atoms with Crippen molar-refractivity contribution in [3.8, 4) is 11.3 Å². The minimum Gasteiger partial charge on any atom is -0.351 e. The molecule has 3 N–H and O–H groups in total. The molecule has 2 heterocycles. The first-order valence-electron chi connectivity index (χ1n) is 9.33. The number of benzene rings is 1. The number of aryl methyl sites for hydroxylation is 1. The van der Waals surface area contributed by atoms with Crippen LogP contribution < -0.4 is 11.1 Å². The summed E-state index contributed by atoms with van der Waals surface area (Å²) in [5.74, 6) is 1.09. The number of fused-ring (bicyclic) bond motifs is 1. The van der Waals surface area contributed by atoms with Gasteiger partial charge >= 0.3 is 0 Å². The lowest BCUT2D eigenvalue weighted by Gasteiger charge is -2.13. The zero-order valence-corrected chi connectivity index (χ0v) is 15.6. The van der Waals surface area contributed by atoms with Crippen LogP contribution in [0.3, 0.4) is 0 Å². The summed E-state index contributed by atoms with van der Waals surface area (Å²) in [6.45, 7) is 4.39. The first-order valence-corrected chi connectivity index (χ1v) is 9.33. The van der Waals surface area contributed by atoms with Crippen molar-refractivity contribution >= 4 is 16.9 Å². The minimum atomic E-state index is 0.290. The van der Waals surface area contributed by atoms with E-state index in [2.05, 4.69) is 47.4 Å². The van der Waals surface area contributed by atoms with Crippen molar-refractivity contribution in [2.75, 3.05) is 5.32 Å². The van der Waals surface area contributed by atoms with Gasteiger partial charge in [-0.1, -0.05) is 19.9 Å². The first-order chi connectivity index (χ1) is 12.5. The number of aromatic nitrogens is 4. The summed E-state index contributed by atoms with van der Waals surface area (Å²) in [4.78, 5) is 9.12. The second-order valence-corrected chi connectivity index (χ2v) is 7.58. The summed E-state index contributed by atoms with van der Waals surface area (Å²) in [5.41, 5.74) is 10.3. The van der Waals surface area contributed by atoms with E-state index in [1.165, 1.54) is 11.1 Å². The monoisotopic (exact) mass is 350 g/mol. The van der Waals surface area contributed by atoms with Crippen LogP contribution >= 0.6 is 0 Å². The molecule has 1 saturated carbocycles. The number of nitrogens with one attached hydrogen (secondary N) is 1. The molecular formula is C20H26N6. The van der Waals surface area contributed by atoms with E-state index < -0.39 is 0 Å². The van der Waals surface area contributed by atoms with Crippen LogP contribution in [0.1, 0.15) is 44.7 Å². The number of nitrogens with zero attached hydrogens (tertiary/aromatic N) is 4. The highest BCUT2D eigenvalue weighted by molar-refractivity contribution is 5.86. The van der Waals surface area contributed by atoms with Gasteiger partial charge in [0, 0.05) is 42.0 Å². The molecule has 1 aliphatic carbocycles. The molecule has 26 heavy (non-hydrogen) atoms. The van der Waals surface area contributed by atoms with Crippen molar-refractivity contribution in [1.29, 1.82) is 0 Å². The first kappa shape index (κ1) is 17.0. The molecule has 0 amide bonds. The minimum absolute atomic E-state index is 0.290. The van der Waals surface area contributed by atoms with E-state index in [1.807, 2.05) is 24.0 Å². The average molecular weight is 350 g/mol. The Hall–Kier alpha value is -2.47. The average Bonchev–Trinajstić information content (AvgIpc) is 3.16. The Bertz CT molecular complexity index is 929. The molecule has 6 nitrogen and oxygen atoms in total. The van der Waals surface area contributed by atoms with Gasteiger partial charge in [-0.05, 0) is 43.4 Å². The number of nitrogens with two attached hydrogens (primary N) is 1. The molecule has 2 atom stereocenters. The van der Waals surface area contributed by atoms with Gasteiger partial charge in [0.2, 0.25) is 5.95 Å². The van der Waals surface area contributed by atoms with Crippen molar-refractivity contribution in [2.45, 2.75) is 51.1 Å². The van der Waals surface area contributed by atoms with Crippen LogP contribution in [0.5, 0.6) is 0 Å². The van der Waals surface area contributed by atoms with Gasteiger partial charge in [0.1, 0.15) is 0 Å². The van der Waals surface area contributed by atoms with Gasteiger partial charge in [-0.2, -0.15) is 5.10 Å². The second-order valence-electron chi connectivity index (χ2n) is 7.58. The van der Waals surface area contributed by atoms with Crippen molar-refractivity contribution in [2.24, 2.45) is 12.8 Å². The standard InChI is InChI=1S/C20H26N6/c1-12(2)19-16-10-13(4-7-18(16)25-26(19)3)17-8-9-22-20(24-17)23-15-6-5-14(21)11-15/h4,7-10,12,14-15H,5-6,11,21H2,1-3H3,(H,22,23,24). The lowest BCUT2D eigenvalue weighted by atomic mass is 10.0. The molecule has 0 bridgehead atoms. The van der Waals surface area contributed by atoms with Crippen LogP contribution in [-0.4, -0.2) is 31.8 Å². The van der Waals surface area contributed by atoms with Gasteiger partial charge in [0.05, 0.1) is 11.2 Å². The van der Waals surface area contributed by atoms with E-state index in [1.54, 1.807) is 0 Å². The van der Waals surface area contributed by atoms with Gasteiger partial charge in [-0.15, -0.1) is 0 Å². The number of anilines is 1. The lowest BCUT2D eigenvalue weighted by molar-refractivity contribution is 0.677. The normalized spacial score (nSPS) is 20.2. The molecule has 0 spiro atoms. The fourth-order valence-electron chi connectivity index (χ4n) is 3.98. The Balaban J connectivity index is 1.67. The Morgan fingerprint density at radius 2 is 2.08 bits per heavy atom. The maximum absolute atomic E-state index is 6.00. The summed E-state index contributed by atoms with van der Waals surface area (Å²) in [6, 6.07) is 8.96. The van der Waals surface area contributed by atoms with Gasteiger partial charge < -0.3 is 11.1 Å². The van der Waals surface area contributed by atoms with Gasteiger partial charge in [-0.3, -0.25) is 4.68 Å². The van der Waals surface area contributed by atoms with Crippen molar-refractivity contribution < 1.29 is 0 Å². The van der Waals surface area contributed by atoms with Gasteiger partial charge in [0.15, 0.2) is 0 Å². The summed E-state index contributed by atoms with van der Waals surface area (Å²) in [7, 11) is 2.01. The quantitative estimate of drug-likeness (QED) is 0.753. The smallest absolute Gasteiger partial charge is 0.223 e.